The normalized spacial score (nSPS) is 20.3. The fraction of sp³-hybridized carbons (Fsp3) is 0.471. The number of aromatic amines is 1. The molecule has 0 bridgehead atoms. The molecule has 0 unspecified atom stereocenters. The minimum absolute atomic E-state index is 0. The van der Waals surface area contributed by atoms with Gasteiger partial charge in [0.25, 0.3) is 0 Å². The lowest BCUT2D eigenvalue weighted by atomic mass is 9.98. The molecular weight excluding hydrogens is 353 g/mol. The Bertz CT molecular complexity index is 557. The van der Waals surface area contributed by atoms with Gasteiger partial charge in [0.1, 0.15) is 0 Å². The van der Waals surface area contributed by atoms with Gasteiger partial charge in [0.2, 0.25) is 0 Å². The Balaban J connectivity index is 0.00000132. The zero-order valence-electron chi connectivity index (χ0n) is 13.2. The third-order valence-electron chi connectivity index (χ3n) is 4.54. The number of hydrogen-bond acceptors (Lipinski definition) is 2. The number of aromatic nitrogens is 2. The van der Waals surface area contributed by atoms with Crippen molar-refractivity contribution in [2.24, 2.45) is 11.8 Å². The molecule has 3 rings (SSSR count). The first-order chi connectivity index (χ1) is 10.3. The van der Waals surface area contributed by atoms with Crippen LogP contribution in [0.15, 0.2) is 36.8 Å². The van der Waals surface area contributed by atoms with Gasteiger partial charge in [-0.1, -0.05) is 37.1 Å². The SMILES string of the molecule is CC[C@@H](CNCc1ccc(Cl)cc1)[C@H]1C[C@@H]1c1cnc[nH]1.Cl.Cl. The van der Waals surface area contributed by atoms with Gasteiger partial charge in [-0.2, -0.15) is 0 Å². The van der Waals surface area contributed by atoms with Gasteiger partial charge in [0, 0.05) is 29.4 Å². The number of imidazole rings is 1. The van der Waals surface area contributed by atoms with Crippen molar-refractivity contribution in [2.75, 3.05) is 6.54 Å². The van der Waals surface area contributed by atoms with E-state index in [9.17, 15) is 0 Å². The van der Waals surface area contributed by atoms with Crippen LogP contribution in [0.25, 0.3) is 0 Å². The highest BCUT2D eigenvalue weighted by molar-refractivity contribution is 6.30. The van der Waals surface area contributed by atoms with Crippen molar-refractivity contribution < 1.29 is 0 Å². The maximum absolute atomic E-state index is 5.90. The summed E-state index contributed by atoms with van der Waals surface area (Å²) in [5, 5.41) is 4.39. The number of halogens is 3. The van der Waals surface area contributed by atoms with Crippen LogP contribution < -0.4 is 5.32 Å². The number of nitrogens with zero attached hydrogens (tertiary/aromatic N) is 1. The molecule has 1 aromatic carbocycles. The molecule has 1 aliphatic rings. The topological polar surface area (TPSA) is 40.7 Å². The quantitative estimate of drug-likeness (QED) is 0.727. The Labute approximate surface area is 155 Å². The van der Waals surface area contributed by atoms with Crippen molar-refractivity contribution in [1.82, 2.24) is 15.3 Å². The van der Waals surface area contributed by atoms with E-state index in [-0.39, 0.29) is 24.8 Å². The number of nitrogens with one attached hydrogen (secondary N) is 2. The summed E-state index contributed by atoms with van der Waals surface area (Å²) in [6, 6.07) is 8.07. The summed E-state index contributed by atoms with van der Waals surface area (Å²) < 4.78 is 0. The summed E-state index contributed by atoms with van der Waals surface area (Å²) in [7, 11) is 0. The molecule has 1 heterocycles. The second-order valence-electron chi connectivity index (χ2n) is 5.94. The first kappa shape index (κ1) is 20.3. The Morgan fingerprint density at radius 3 is 2.65 bits per heavy atom. The van der Waals surface area contributed by atoms with Gasteiger partial charge in [-0.25, -0.2) is 4.98 Å². The van der Waals surface area contributed by atoms with Gasteiger partial charge in [-0.15, -0.1) is 24.8 Å². The zero-order chi connectivity index (χ0) is 14.7. The average Bonchev–Trinajstić information content (AvgIpc) is 3.09. The molecule has 3 nitrogen and oxygen atoms in total. The van der Waals surface area contributed by atoms with E-state index in [0.29, 0.717) is 5.92 Å². The molecule has 0 saturated heterocycles. The number of benzene rings is 1. The third-order valence-corrected chi connectivity index (χ3v) is 4.79. The van der Waals surface area contributed by atoms with Crippen LogP contribution >= 0.6 is 36.4 Å². The van der Waals surface area contributed by atoms with Crippen LogP contribution in [0.2, 0.25) is 5.02 Å². The van der Waals surface area contributed by atoms with Gasteiger partial charge in [-0.3, -0.25) is 0 Å². The molecule has 0 radical (unpaired) electrons. The van der Waals surface area contributed by atoms with E-state index < -0.39 is 0 Å². The molecule has 6 heteroatoms. The van der Waals surface area contributed by atoms with Crippen LogP contribution in [0.4, 0.5) is 0 Å². The molecule has 128 valence electrons. The lowest BCUT2D eigenvalue weighted by Crippen LogP contribution is -2.23. The third kappa shape index (κ3) is 5.39. The first-order valence-electron chi connectivity index (χ1n) is 7.71. The number of hydrogen-bond donors (Lipinski definition) is 2. The van der Waals surface area contributed by atoms with Crippen molar-refractivity contribution in [1.29, 1.82) is 0 Å². The lowest BCUT2D eigenvalue weighted by molar-refractivity contribution is 0.405. The van der Waals surface area contributed by atoms with Crippen molar-refractivity contribution in [2.45, 2.75) is 32.2 Å². The molecule has 2 N–H and O–H groups in total. The molecule has 0 aliphatic heterocycles. The second kappa shape index (κ2) is 9.53. The highest BCUT2D eigenvalue weighted by atomic mass is 35.5. The number of H-pyrrole nitrogens is 1. The van der Waals surface area contributed by atoms with Gasteiger partial charge < -0.3 is 10.3 Å². The minimum atomic E-state index is 0. The molecule has 1 saturated carbocycles. The predicted octanol–water partition coefficient (Wildman–Crippen LogP) is 4.83. The highest BCUT2D eigenvalue weighted by Crippen LogP contribution is 2.51. The summed E-state index contributed by atoms with van der Waals surface area (Å²) in [4.78, 5) is 7.38. The fourth-order valence-electron chi connectivity index (χ4n) is 3.17. The minimum Gasteiger partial charge on any atom is -0.348 e. The van der Waals surface area contributed by atoms with Crippen molar-refractivity contribution >= 4 is 36.4 Å². The van der Waals surface area contributed by atoms with E-state index in [1.807, 2.05) is 18.3 Å². The molecule has 0 spiro atoms. The van der Waals surface area contributed by atoms with Crippen LogP contribution in [0.3, 0.4) is 0 Å². The van der Waals surface area contributed by atoms with Crippen molar-refractivity contribution in [3.05, 3.63) is 53.1 Å². The van der Waals surface area contributed by atoms with Crippen molar-refractivity contribution in [3.8, 4) is 0 Å². The van der Waals surface area contributed by atoms with Crippen molar-refractivity contribution in [3.63, 3.8) is 0 Å². The molecule has 23 heavy (non-hydrogen) atoms. The van der Waals surface area contributed by atoms with Gasteiger partial charge in [0.05, 0.1) is 6.33 Å². The summed E-state index contributed by atoms with van der Waals surface area (Å²) in [5.41, 5.74) is 2.59. The Morgan fingerprint density at radius 1 is 1.30 bits per heavy atom. The van der Waals surface area contributed by atoms with E-state index in [1.165, 1.54) is 24.1 Å². The lowest BCUT2D eigenvalue weighted by Gasteiger charge is -2.15. The van der Waals surface area contributed by atoms with E-state index in [1.54, 1.807) is 6.33 Å². The Kier molecular flexibility index (Phi) is 8.41. The Hall–Kier alpha value is -0.740. The largest absolute Gasteiger partial charge is 0.348 e. The fourth-order valence-corrected chi connectivity index (χ4v) is 3.29. The first-order valence-corrected chi connectivity index (χ1v) is 8.09. The van der Waals surface area contributed by atoms with Crippen LogP contribution in [0, 0.1) is 11.8 Å². The zero-order valence-corrected chi connectivity index (χ0v) is 15.6. The summed E-state index contributed by atoms with van der Waals surface area (Å²) in [6.07, 6.45) is 6.27. The summed E-state index contributed by atoms with van der Waals surface area (Å²) in [6.45, 7) is 4.28. The molecule has 2 aromatic rings. The van der Waals surface area contributed by atoms with E-state index in [2.05, 4.69) is 34.3 Å². The molecule has 1 aliphatic carbocycles. The van der Waals surface area contributed by atoms with Crippen LogP contribution in [-0.2, 0) is 6.54 Å². The monoisotopic (exact) mass is 375 g/mol. The average molecular weight is 377 g/mol. The van der Waals surface area contributed by atoms with E-state index in [0.717, 1.165) is 29.9 Å². The maximum Gasteiger partial charge on any atom is 0.0921 e. The molecule has 1 aromatic heterocycles. The number of rotatable bonds is 7. The molecular formula is C17H24Cl3N3. The van der Waals surface area contributed by atoms with E-state index in [4.69, 9.17) is 11.6 Å². The van der Waals surface area contributed by atoms with Gasteiger partial charge in [-0.05, 0) is 42.5 Å². The molecule has 0 amide bonds. The van der Waals surface area contributed by atoms with Crippen LogP contribution in [0.1, 0.15) is 36.9 Å². The van der Waals surface area contributed by atoms with Crippen LogP contribution in [0.5, 0.6) is 0 Å². The predicted molar refractivity (Wildman–Crippen MR) is 101 cm³/mol. The van der Waals surface area contributed by atoms with Crippen LogP contribution in [-0.4, -0.2) is 16.5 Å². The molecule has 3 atom stereocenters. The second-order valence-corrected chi connectivity index (χ2v) is 6.38. The maximum atomic E-state index is 5.90. The van der Waals surface area contributed by atoms with Gasteiger partial charge >= 0.3 is 0 Å². The van der Waals surface area contributed by atoms with E-state index >= 15 is 0 Å². The smallest absolute Gasteiger partial charge is 0.0921 e. The van der Waals surface area contributed by atoms with Gasteiger partial charge in [0.15, 0.2) is 0 Å². The summed E-state index contributed by atoms with van der Waals surface area (Å²) >= 11 is 5.90. The highest BCUT2D eigenvalue weighted by Gasteiger charge is 2.43. The molecule has 1 fully saturated rings. The standard InChI is InChI=1S/C17H22ClN3.2ClH/c1-2-13(15-7-16(15)17-10-20-11-21-17)9-19-8-12-3-5-14(18)6-4-12;;/h3-6,10-11,13,15-16,19H,2,7-9H2,1H3,(H,20,21);2*1H/t13-,15+,16-;;/m0../s1. The summed E-state index contributed by atoms with van der Waals surface area (Å²) in [5.74, 6) is 2.23. The Morgan fingerprint density at radius 2 is 2.04 bits per heavy atom.